The van der Waals surface area contributed by atoms with E-state index in [2.05, 4.69) is 15.9 Å². The molecule has 2 heterocycles. The van der Waals surface area contributed by atoms with Crippen molar-refractivity contribution in [1.82, 2.24) is 9.80 Å². The normalized spacial score (nSPS) is 23.1. The van der Waals surface area contributed by atoms with Crippen molar-refractivity contribution in [2.24, 2.45) is 5.92 Å². The number of nitro benzene ring substituents is 1. The van der Waals surface area contributed by atoms with E-state index >= 15 is 0 Å². The summed E-state index contributed by atoms with van der Waals surface area (Å²) in [4.78, 5) is 15.7. The quantitative estimate of drug-likeness (QED) is 0.586. The van der Waals surface area contributed by atoms with Crippen LogP contribution in [0.4, 0.5) is 5.69 Å². The molecule has 3 rings (SSSR count). The first-order valence-electron chi connectivity index (χ1n) is 9.15. The molecule has 25 heavy (non-hydrogen) atoms. The molecule has 1 atom stereocenters. The Morgan fingerprint density at radius 2 is 2.00 bits per heavy atom. The number of para-hydroxylation sites is 1. The molecule has 1 aromatic rings. The summed E-state index contributed by atoms with van der Waals surface area (Å²) in [5.74, 6) is 0.714. The molecular formula is C19H27N3O3. The number of nitrogens with zero attached hydrogens (tertiary/aromatic N) is 3. The van der Waals surface area contributed by atoms with Gasteiger partial charge in [-0.05, 0) is 31.4 Å². The van der Waals surface area contributed by atoms with Gasteiger partial charge in [-0.3, -0.25) is 19.9 Å². The van der Waals surface area contributed by atoms with E-state index < -0.39 is 0 Å². The predicted molar refractivity (Wildman–Crippen MR) is 98.6 cm³/mol. The van der Waals surface area contributed by atoms with Crippen molar-refractivity contribution in [1.29, 1.82) is 0 Å². The number of likely N-dealkylation sites (tertiary alicyclic amines) is 1. The maximum atomic E-state index is 11.1. The van der Waals surface area contributed by atoms with Gasteiger partial charge in [0.1, 0.15) is 0 Å². The first-order valence-corrected chi connectivity index (χ1v) is 9.15. The van der Waals surface area contributed by atoms with Crippen LogP contribution in [0.25, 0.3) is 6.08 Å². The Morgan fingerprint density at radius 3 is 2.80 bits per heavy atom. The van der Waals surface area contributed by atoms with Crippen LogP contribution in [-0.2, 0) is 4.74 Å². The average Bonchev–Trinajstić information content (AvgIpc) is 2.63. The summed E-state index contributed by atoms with van der Waals surface area (Å²) >= 11 is 0. The molecule has 0 aromatic heterocycles. The molecule has 0 amide bonds. The van der Waals surface area contributed by atoms with Gasteiger partial charge in [0.05, 0.1) is 23.7 Å². The molecule has 0 radical (unpaired) electrons. The van der Waals surface area contributed by atoms with Gasteiger partial charge >= 0.3 is 0 Å². The second-order valence-corrected chi connectivity index (χ2v) is 6.90. The molecule has 6 nitrogen and oxygen atoms in total. The van der Waals surface area contributed by atoms with Crippen molar-refractivity contribution >= 4 is 11.8 Å². The third kappa shape index (κ3) is 5.36. The number of hydrogen-bond acceptors (Lipinski definition) is 5. The number of piperidine rings is 1. The minimum absolute atomic E-state index is 0.169. The van der Waals surface area contributed by atoms with Crippen molar-refractivity contribution < 1.29 is 9.66 Å². The van der Waals surface area contributed by atoms with E-state index in [1.807, 2.05) is 12.1 Å². The summed E-state index contributed by atoms with van der Waals surface area (Å²) in [6.45, 7) is 8.05. The minimum Gasteiger partial charge on any atom is -0.379 e. The third-order valence-corrected chi connectivity index (χ3v) is 5.02. The van der Waals surface area contributed by atoms with Gasteiger partial charge in [-0.15, -0.1) is 0 Å². The second kappa shape index (κ2) is 9.08. The predicted octanol–water partition coefficient (Wildman–Crippen LogP) is 2.65. The fraction of sp³-hybridized carbons (Fsp3) is 0.579. The van der Waals surface area contributed by atoms with Crippen molar-refractivity contribution in [2.75, 3.05) is 52.5 Å². The summed E-state index contributed by atoms with van der Waals surface area (Å²) in [6, 6.07) is 6.90. The molecule has 2 fully saturated rings. The Balaban J connectivity index is 1.50. The number of hydrogen-bond donors (Lipinski definition) is 0. The smallest absolute Gasteiger partial charge is 0.276 e. The second-order valence-electron chi connectivity index (χ2n) is 6.90. The summed E-state index contributed by atoms with van der Waals surface area (Å²) in [5.41, 5.74) is 0.844. The Labute approximate surface area is 149 Å². The van der Waals surface area contributed by atoms with Gasteiger partial charge in [-0.2, -0.15) is 0 Å². The molecule has 0 aliphatic carbocycles. The first-order chi connectivity index (χ1) is 12.2. The molecule has 0 N–H and O–H groups in total. The highest BCUT2D eigenvalue weighted by Crippen LogP contribution is 2.20. The lowest BCUT2D eigenvalue weighted by Crippen LogP contribution is -2.44. The maximum absolute atomic E-state index is 11.1. The summed E-state index contributed by atoms with van der Waals surface area (Å²) < 4.78 is 5.42. The van der Waals surface area contributed by atoms with Crippen LogP contribution in [-0.4, -0.2) is 67.2 Å². The third-order valence-electron chi connectivity index (χ3n) is 5.02. The molecule has 136 valence electrons. The van der Waals surface area contributed by atoms with Crippen molar-refractivity contribution in [2.45, 2.75) is 12.8 Å². The van der Waals surface area contributed by atoms with Gasteiger partial charge in [0.25, 0.3) is 5.69 Å². The van der Waals surface area contributed by atoms with Crippen molar-refractivity contribution in [3.8, 4) is 0 Å². The highest BCUT2D eigenvalue weighted by Gasteiger charge is 2.22. The summed E-state index contributed by atoms with van der Waals surface area (Å²) in [6.07, 6.45) is 6.46. The maximum Gasteiger partial charge on any atom is 0.276 e. The van der Waals surface area contributed by atoms with Gasteiger partial charge in [0.2, 0.25) is 0 Å². The lowest BCUT2D eigenvalue weighted by Gasteiger charge is -2.36. The molecular weight excluding hydrogens is 318 g/mol. The first kappa shape index (κ1) is 18.0. The van der Waals surface area contributed by atoms with Crippen LogP contribution in [0.1, 0.15) is 18.4 Å². The number of nitro groups is 1. The zero-order valence-corrected chi connectivity index (χ0v) is 14.7. The number of ether oxygens (including phenoxy) is 1. The topological polar surface area (TPSA) is 58.9 Å². The van der Waals surface area contributed by atoms with E-state index in [1.165, 1.54) is 12.8 Å². The van der Waals surface area contributed by atoms with Crippen molar-refractivity contribution in [3.63, 3.8) is 0 Å². The van der Waals surface area contributed by atoms with E-state index in [1.54, 1.807) is 18.2 Å². The number of morpholine rings is 1. The van der Waals surface area contributed by atoms with Crippen LogP contribution in [0.2, 0.25) is 0 Å². The lowest BCUT2D eigenvalue weighted by molar-refractivity contribution is -0.385. The van der Waals surface area contributed by atoms with Gasteiger partial charge in [0.15, 0.2) is 0 Å². The Morgan fingerprint density at radius 1 is 1.20 bits per heavy atom. The fourth-order valence-electron chi connectivity index (χ4n) is 3.74. The molecule has 6 heteroatoms. The molecule has 1 aromatic carbocycles. The van der Waals surface area contributed by atoms with Crippen LogP contribution in [0.15, 0.2) is 30.3 Å². The summed E-state index contributed by atoms with van der Waals surface area (Å²) in [7, 11) is 0. The molecule has 0 unspecified atom stereocenters. The molecule has 2 saturated heterocycles. The van der Waals surface area contributed by atoms with E-state index in [9.17, 15) is 10.1 Å². The molecule has 0 spiro atoms. The van der Waals surface area contributed by atoms with E-state index in [-0.39, 0.29) is 10.6 Å². The van der Waals surface area contributed by atoms with Crippen LogP contribution in [0, 0.1) is 16.0 Å². The van der Waals surface area contributed by atoms with Crippen LogP contribution in [0.5, 0.6) is 0 Å². The zero-order chi connectivity index (χ0) is 17.5. The lowest BCUT2D eigenvalue weighted by atomic mass is 9.97. The standard InChI is InChI=1S/C19H27N3O3/c23-22(24)19-8-2-1-6-18(19)7-4-10-20-9-3-5-17(15-20)16-21-11-13-25-14-12-21/h1-2,4,6-8,17H,3,5,9-16H2/b7-4+/t17-/m1/s1. The van der Waals surface area contributed by atoms with E-state index in [4.69, 9.17) is 4.74 Å². The molecule has 0 saturated carbocycles. The average molecular weight is 345 g/mol. The zero-order valence-electron chi connectivity index (χ0n) is 14.7. The molecule has 2 aliphatic rings. The minimum atomic E-state index is -0.321. The number of benzene rings is 1. The molecule has 0 bridgehead atoms. The Kier molecular flexibility index (Phi) is 6.55. The van der Waals surface area contributed by atoms with Gasteiger partial charge < -0.3 is 4.74 Å². The van der Waals surface area contributed by atoms with Gasteiger partial charge in [-0.25, -0.2) is 0 Å². The summed E-state index contributed by atoms with van der Waals surface area (Å²) in [5, 5.41) is 11.1. The molecule has 2 aliphatic heterocycles. The van der Waals surface area contributed by atoms with E-state index in [0.717, 1.165) is 52.5 Å². The van der Waals surface area contributed by atoms with Crippen LogP contribution in [0.3, 0.4) is 0 Å². The van der Waals surface area contributed by atoms with E-state index in [0.29, 0.717) is 11.5 Å². The van der Waals surface area contributed by atoms with Gasteiger partial charge in [-0.1, -0.05) is 24.3 Å². The Hall–Kier alpha value is -1.76. The van der Waals surface area contributed by atoms with Crippen molar-refractivity contribution in [3.05, 3.63) is 46.0 Å². The van der Waals surface area contributed by atoms with Gasteiger partial charge in [0, 0.05) is 38.8 Å². The fourth-order valence-corrected chi connectivity index (χ4v) is 3.74. The monoisotopic (exact) mass is 345 g/mol. The Bertz CT molecular complexity index is 599. The van der Waals surface area contributed by atoms with Crippen LogP contribution < -0.4 is 0 Å². The largest absolute Gasteiger partial charge is 0.379 e. The number of rotatable bonds is 6. The SMILES string of the molecule is O=[N+]([O-])c1ccccc1/C=C/CN1CCC[C@@H](CN2CCOCC2)C1. The highest BCUT2D eigenvalue weighted by molar-refractivity contribution is 5.60. The van der Waals surface area contributed by atoms with Crippen LogP contribution >= 0.6 is 0 Å². The highest BCUT2D eigenvalue weighted by atomic mass is 16.6.